The van der Waals surface area contributed by atoms with Gasteiger partial charge in [0.25, 0.3) is 0 Å². The Morgan fingerprint density at radius 3 is 2.38 bits per heavy atom. The summed E-state index contributed by atoms with van der Waals surface area (Å²) in [7, 11) is 0. The Bertz CT molecular complexity index is 264. The summed E-state index contributed by atoms with van der Waals surface area (Å²) in [4.78, 5) is 14.6. The number of likely N-dealkylation sites (tertiary alicyclic amines) is 1. The quantitative estimate of drug-likeness (QED) is 0.717. The van der Waals surface area contributed by atoms with E-state index in [1.165, 1.54) is 25.9 Å². The largest absolute Gasteiger partial charge is 0.303 e. The summed E-state index contributed by atoms with van der Waals surface area (Å²) in [6.07, 6.45) is 4.81. The molecule has 1 atom stereocenters. The van der Waals surface area contributed by atoms with E-state index in [2.05, 4.69) is 25.7 Å². The molecular formula is C14H25NO. The second-order valence-electron chi connectivity index (χ2n) is 6.47. The first kappa shape index (κ1) is 12.1. The number of hydrogen-bond acceptors (Lipinski definition) is 2. The summed E-state index contributed by atoms with van der Waals surface area (Å²) in [5, 5.41) is 0. The van der Waals surface area contributed by atoms with Gasteiger partial charge in [0.15, 0.2) is 0 Å². The van der Waals surface area contributed by atoms with Crippen LogP contribution in [0.15, 0.2) is 0 Å². The van der Waals surface area contributed by atoms with E-state index in [1.807, 2.05) is 0 Å². The molecule has 0 aromatic carbocycles. The number of carbonyl (C=O) groups is 1. The molecule has 1 unspecified atom stereocenters. The zero-order chi connectivity index (χ0) is 11.8. The molecule has 0 amide bonds. The molecule has 92 valence electrons. The second kappa shape index (κ2) is 4.48. The van der Waals surface area contributed by atoms with Gasteiger partial charge in [0.1, 0.15) is 5.78 Å². The Kier molecular flexibility index (Phi) is 3.39. The molecule has 1 heterocycles. The first-order chi connectivity index (χ1) is 7.49. The van der Waals surface area contributed by atoms with Crippen LogP contribution in [0.5, 0.6) is 0 Å². The lowest BCUT2D eigenvalue weighted by Gasteiger charge is -2.32. The molecule has 2 heteroatoms. The molecule has 0 bridgehead atoms. The highest BCUT2D eigenvalue weighted by Crippen LogP contribution is 2.38. The summed E-state index contributed by atoms with van der Waals surface area (Å²) >= 11 is 0. The minimum Gasteiger partial charge on any atom is -0.303 e. The fourth-order valence-corrected chi connectivity index (χ4v) is 3.07. The van der Waals surface area contributed by atoms with Crippen molar-refractivity contribution in [1.29, 1.82) is 0 Å². The van der Waals surface area contributed by atoms with Gasteiger partial charge < -0.3 is 4.90 Å². The van der Waals surface area contributed by atoms with Crippen molar-refractivity contribution in [2.24, 2.45) is 17.3 Å². The summed E-state index contributed by atoms with van der Waals surface area (Å²) in [5.41, 5.74) is -0.0479. The van der Waals surface area contributed by atoms with Crippen LogP contribution in [0.4, 0.5) is 0 Å². The molecule has 2 aliphatic rings. The molecule has 0 spiro atoms. The molecule has 0 radical (unpaired) electrons. The average Bonchev–Trinajstić information content (AvgIpc) is 2.49. The van der Waals surface area contributed by atoms with E-state index in [9.17, 15) is 4.79 Å². The Labute approximate surface area is 99.4 Å². The van der Waals surface area contributed by atoms with Gasteiger partial charge in [-0.1, -0.05) is 20.8 Å². The standard InChI is InChI=1S/C14H25NO/c1-11-5-8-15(9-6-11)10-12-4-7-14(2,3)13(12)16/h11-12H,4-10H2,1-3H3. The van der Waals surface area contributed by atoms with Crippen LogP contribution in [-0.4, -0.2) is 30.3 Å². The van der Waals surface area contributed by atoms with Crippen molar-refractivity contribution in [2.75, 3.05) is 19.6 Å². The van der Waals surface area contributed by atoms with Crippen molar-refractivity contribution in [3.8, 4) is 0 Å². The fourth-order valence-electron chi connectivity index (χ4n) is 3.07. The lowest BCUT2D eigenvalue weighted by Crippen LogP contribution is -2.38. The van der Waals surface area contributed by atoms with E-state index in [4.69, 9.17) is 0 Å². The summed E-state index contributed by atoms with van der Waals surface area (Å²) in [6.45, 7) is 9.97. The van der Waals surface area contributed by atoms with Crippen LogP contribution in [0.25, 0.3) is 0 Å². The Morgan fingerprint density at radius 1 is 1.25 bits per heavy atom. The maximum absolute atomic E-state index is 12.1. The lowest BCUT2D eigenvalue weighted by molar-refractivity contribution is -0.128. The van der Waals surface area contributed by atoms with Gasteiger partial charge in [-0.15, -0.1) is 0 Å². The van der Waals surface area contributed by atoms with Crippen molar-refractivity contribution >= 4 is 5.78 Å². The van der Waals surface area contributed by atoms with Gasteiger partial charge in [-0.2, -0.15) is 0 Å². The molecule has 1 saturated heterocycles. The van der Waals surface area contributed by atoms with Gasteiger partial charge >= 0.3 is 0 Å². The molecule has 0 N–H and O–H groups in total. The Balaban J connectivity index is 1.85. The number of carbonyl (C=O) groups excluding carboxylic acids is 1. The van der Waals surface area contributed by atoms with Crippen molar-refractivity contribution < 1.29 is 4.79 Å². The number of hydrogen-bond donors (Lipinski definition) is 0. The average molecular weight is 223 g/mol. The van der Waals surface area contributed by atoms with Crippen LogP contribution in [0, 0.1) is 17.3 Å². The molecule has 0 aromatic heterocycles. The number of rotatable bonds is 2. The zero-order valence-electron chi connectivity index (χ0n) is 11.0. The van der Waals surface area contributed by atoms with Crippen LogP contribution in [0.2, 0.25) is 0 Å². The normalized spacial score (nSPS) is 32.2. The predicted molar refractivity (Wildman–Crippen MR) is 66.4 cm³/mol. The van der Waals surface area contributed by atoms with Crippen LogP contribution in [0.3, 0.4) is 0 Å². The van der Waals surface area contributed by atoms with Gasteiger partial charge in [0, 0.05) is 17.9 Å². The molecule has 16 heavy (non-hydrogen) atoms. The van der Waals surface area contributed by atoms with Crippen molar-refractivity contribution in [3.63, 3.8) is 0 Å². The molecule has 1 aliphatic heterocycles. The molecular weight excluding hydrogens is 198 g/mol. The monoisotopic (exact) mass is 223 g/mol. The van der Waals surface area contributed by atoms with Crippen molar-refractivity contribution in [2.45, 2.75) is 46.5 Å². The van der Waals surface area contributed by atoms with E-state index in [0.717, 1.165) is 25.3 Å². The van der Waals surface area contributed by atoms with Crippen LogP contribution >= 0.6 is 0 Å². The first-order valence-electron chi connectivity index (χ1n) is 6.76. The van der Waals surface area contributed by atoms with E-state index >= 15 is 0 Å². The molecule has 2 nitrogen and oxygen atoms in total. The van der Waals surface area contributed by atoms with Crippen LogP contribution in [-0.2, 0) is 4.79 Å². The third-order valence-electron chi connectivity index (χ3n) is 4.51. The maximum Gasteiger partial charge on any atom is 0.142 e. The Morgan fingerprint density at radius 2 is 1.88 bits per heavy atom. The van der Waals surface area contributed by atoms with Gasteiger partial charge in [0.05, 0.1) is 0 Å². The smallest absolute Gasteiger partial charge is 0.142 e. The summed E-state index contributed by atoms with van der Waals surface area (Å²) in [5.74, 6) is 1.71. The third-order valence-corrected chi connectivity index (χ3v) is 4.51. The highest BCUT2D eigenvalue weighted by atomic mass is 16.1. The second-order valence-corrected chi connectivity index (χ2v) is 6.47. The summed E-state index contributed by atoms with van der Waals surface area (Å²) < 4.78 is 0. The highest BCUT2D eigenvalue weighted by Gasteiger charge is 2.40. The number of Topliss-reactive ketones (excluding diaryl/α,β-unsaturated/α-hetero) is 1. The number of nitrogens with zero attached hydrogens (tertiary/aromatic N) is 1. The van der Waals surface area contributed by atoms with Gasteiger partial charge in [0.2, 0.25) is 0 Å². The maximum atomic E-state index is 12.1. The summed E-state index contributed by atoms with van der Waals surface area (Å²) in [6, 6.07) is 0. The Hall–Kier alpha value is -0.370. The molecule has 0 aromatic rings. The number of piperidine rings is 1. The van der Waals surface area contributed by atoms with Crippen LogP contribution < -0.4 is 0 Å². The minimum atomic E-state index is -0.0479. The van der Waals surface area contributed by atoms with E-state index in [-0.39, 0.29) is 5.41 Å². The number of ketones is 1. The molecule has 2 fully saturated rings. The predicted octanol–water partition coefficient (Wildman–Crippen LogP) is 2.72. The third kappa shape index (κ3) is 2.48. The van der Waals surface area contributed by atoms with Crippen LogP contribution in [0.1, 0.15) is 46.5 Å². The minimum absolute atomic E-state index is 0.0479. The highest BCUT2D eigenvalue weighted by molar-refractivity contribution is 5.88. The van der Waals surface area contributed by atoms with Gasteiger partial charge in [-0.05, 0) is 44.7 Å². The zero-order valence-corrected chi connectivity index (χ0v) is 11.0. The molecule has 1 aliphatic carbocycles. The van der Waals surface area contributed by atoms with E-state index < -0.39 is 0 Å². The topological polar surface area (TPSA) is 20.3 Å². The SMILES string of the molecule is CC1CCN(CC2CCC(C)(C)C2=O)CC1. The van der Waals surface area contributed by atoms with E-state index in [1.54, 1.807) is 0 Å². The molecule has 2 rings (SSSR count). The first-order valence-corrected chi connectivity index (χ1v) is 6.76. The lowest BCUT2D eigenvalue weighted by atomic mass is 9.88. The van der Waals surface area contributed by atoms with Gasteiger partial charge in [-0.3, -0.25) is 4.79 Å². The van der Waals surface area contributed by atoms with Crippen molar-refractivity contribution in [3.05, 3.63) is 0 Å². The van der Waals surface area contributed by atoms with Crippen molar-refractivity contribution in [1.82, 2.24) is 4.90 Å². The van der Waals surface area contributed by atoms with E-state index in [0.29, 0.717) is 11.7 Å². The fraction of sp³-hybridized carbons (Fsp3) is 0.929. The molecule has 1 saturated carbocycles. The van der Waals surface area contributed by atoms with Gasteiger partial charge in [-0.25, -0.2) is 0 Å².